The van der Waals surface area contributed by atoms with E-state index in [1.807, 2.05) is 12.1 Å². The van der Waals surface area contributed by atoms with Crippen LogP contribution in [0.15, 0.2) is 29.6 Å². The maximum atomic E-state index is 10.2. The molecule has 84 valence electrons. The highest BCUT2D eigenvalue weighted by atomic mass is 32.1. The molecule has 0 amide bonds. The Morgan fingerprint density at radius 1 is 1.38 bits per heavy atom. The Labute approximate surface area is 98.9 Å². The van der Waals surface area contributed by atoms with Crippen LogP contribution in [0.3, 0.4) is 0 Å². The molecule has 1 atom stereocenters. The van der Waals surface area contributed by atoms with E-state index in [0.717, 1.165) is 5.56 Å². The second-order valence-electron chi connectivity index (χ2n) is 4.38. The molecule has 3 rings (SSSR count). The Balaban J connectivity index is 1.82. The van der Waals surface area contributed by atoms with Gasteiger partial charge in [-0.25, -0.2) is 0 Å². The first-order chi connectivity index (χ1) is 7.84. The number of benzene rings is 1. The first kappa shape index (κ1) is 10.3. The summed E-state index contributed by atoms with van der Waals surface area (Å²) < 4.78 is 1.22. The summed E-state index contributed by atoms with van der Waals surface area (Å²) in [6, 6.07) is 8.89. The molecule has 0 aliphatic heterocycles. The second kappa shape index (κ2) is 4.17. The van der Waals surface area contributed by atoms with Crippen LogP contribution in [-0.2, 0) is 0 Å². The van der Waals surface area contributed by atoms with Gasteiger partial charge in [0.15, 0.2) is 0 Å². The predicted octanol–water partition coefficient (Wildman–Crippen LogP) is 2.69. The summed E-state index contributed by atoms with van der Waals surface area (Å²) in [6.45, 7) is 0.668. The zero-order chi connectivity index (χ0) is 11.0. The summed E-state index contributed by atoms with van der Waals surface area (Å²) in [5, 5.41) is 16.8. The number of hydrogen-bond acceptors (Lipinski definition) is 3. The molecule has 16 heavy (non-hydrogen) atoms. The Morgan fingerprint density at radius 3 is 3.06 bits per heavy atom. The van der Waals surface area contributed by atoms with Gasteiger partial charge in [0.25, 0.3) is 0 Å². The van der Waals surface area contributed by atoms with Crippen molar-refractivity contribution in [3.63, 3.8) is 0 Å². The van der Waals surface area contributed by atoms with Crippen molar-refractivity contribution in [2.45, 2.75) is 25.0 Å². The van der Waals surface area contributed by atoms with E-state index >= 15 is 0 Å². The van der Waals surface area contributed by atoms with Crippen molar-refractivity contribution < 1.29 is 5.11 Å². The van der Waals surface area contributed by atoms with Gasteiger partial charge in [-0.15, -0.1) is 11.3 Å². The quantitative estimate of drug-likeness (QED) is 0.851. The van der Waals surface area contributed by atoms with Crippen molar-refractivity contribution in [1.82, 2.24) is 5.32 Å². The topological polar surface area (TPSA) is 32.3 Å². The van der Waals surface area contributed by atoms with Crippen LogP contribution >= 0.6 is 11.3 Å². The van der Waals surface area contributed by atoms with Crippen LogP contribution in [0.5, 0.6) is 0 Å². The lowest BCUT2D eigenvalue weighted by molar-refractivity contribution is 0.176. The van der Waals surface area contributed by atoms with Gasteiger partial charge >= 0.3 is 0 Å². The molecule has 1 heterocycles. The molecule has 0 bridgehead atoms. The average Bonchev–Trinajstić information content (AvgIpc) is 3.01. The number of fused-ring (bicyclic) bond motifs is 1. The molecule has 1 aliphatic carbocycles. The lowest BCUT2D eigenvalue weighted by Crippen LogP contribution is -2.23. The van der Waals surface area contributed by atoms with E-state index in [9.17, 15) is 5.11 Å². The van der Waals surface area contributed by atoms with Crippen LogP contribution in [0.4, 0.5) is 0 Å². The number of thiophene rings is 1. The third kappa shape index (κ3) is 1.98. The second-order valence-corrected chi connectivity index (χ2v) is 5.30. The lowest BCUT2D eigenvalue weighted by atomic mass is 10.1. The molecule has 1 aromatic carbocycles. The van der Waals surface area contributed by atoms with E-state index in [4.69, 9.17) is 0 Å². The van der Waals surface area contributed by atoms with E-state index in [1.54, 1.807) is 11.3 Å². The largest absolute Gasteiger partial charge is 0.387 e. The molecule has 1 unspecified atom stereocenters. The van der Waals surface area contributed by atoms with Crippen LogP contribution in [0.1, 0.15) is 24.5 Å². The van der Waals surface area contributed by atoms with Crippen molar-refractivity contribution in [1.29, 1.82) is 0 Å². The molecule has 2 aromatic rings. The van der Waals surface area contributed by atoms with E-state index in [1.165, 1.54) is 22.9 Å². The third-order valence-corrected chi connectivity index (χ3v) is 4.02. The number of hydrogen-bond donors (Lipinski definition) is 2. The molecular weight excluding hydrogens is 218 g/mol. The van der Waals surface area contributed by atoms with Crippen molar-refractivity contribution >= 4 is 21.4 Å². The summed E-state index contributed by atoms with van der Waals surface area (Å²) in [5.74, 6) is 0. The van der Waals surface area contributed by atoms with Gasteiger partial charge in [-0.05, 0) is 35.2 Å². The Kier molecular flexibility index (Phi) is 2.67. The molecule has 0 saturated heterocycles. The maximum absolute atomic E-state index is 10.2. The summed E-state index contributed by atoms with van der Waals surface area (Å²) in [5.41, 5.74) is 1.06. The number of nitrogens with one attached hydrogen (secondary N) is 1. The summed E-state index contributed by atoms with van der Waals surface area (Å²) in [4.78, 5) is 0. The van der Waals surface area contributed by atoms with Crippen LogP contribution in [0.25, 0.3) is 10.1 Å². The van der Waals surface area contributed by atoms with Crippen molar-refractivity contribution in [2.75, 3.05) is 6.54 Å². The summed E-state index contributed by atoms with van der Waals surface area (Å²) >= 11 is 1.70. The van der Waals surface area contributed by atoms with Gasteiger partial charge in [-0.2, -0.15) is 0 Å². The van der Waals surface area contributed by atoms with Gasteiger partial charge < -0.3 is 10.4 Å². The van der Waals surface area contributed by atoms with Crippen molar-refractivity contribution in [3.05, 3.63) is 35.2 Å². The smallest absolute Gasteiger partial charge is 0.0928 e. The highest BCUT2D eigenvalue weighted by Crippen LogP contribution is 2.29. The molecule has 1 saturated carbocycles. The first-order valence-corrected chi connectivity index (χ1v) is 6.60. The Bertz CT molecular complexity index is 489. The molecule has 1 aliphatic rings. The van der Waals surface area contributed by atoms with Gasteiger partial charge in [0.1, 0.15) is 0 Å². The Hall–Kier alpha value is -0.900. The fourth-order valence-electron chi connectivity index (χ4n) is 1.95. The SMILES string of the molecule is OC(CNC1CC1)c1cccc2ccsc12. The first-order valence-electron chi connectivity index (χ1n) is 5.72. The van der Waals surface area contributed by atoms with Crippen molar-refractivity contribution in [3.8, 4) is 0 Å². The van der Waals surface area contributed by atoms with E-state index in [2.05, 4.69) is 22.8 Å². The molecule has 0 spiro atoms. The zero-order valence-corrected chi connectivity index (χ0v) is 9.83. The minimum Gasteiger partial charge on any atom is -0.387 e. The molecule has 1 aromatic heterocycles. The van der Waals surface area contributed by atoms with Gasteiger partial charge in [0.2, 0.25) is 0 Å². The van der Waals surface area contributed by atoms with Crippen LogP contribution in [0, 0.1) is 0 Å². The molecule has 2 nitrogen and oxygen atoms in total. The monoisotopic (exact) mass is 233 g/mol. The minimum absolute atomic E-state index is 0.386. The summed E-state index contributed by atoms with van der Waals surface area (Å²) in [6.07, 6.45) is 2.13. The molecule has 3 heteroatoms. The van der Waals surface area contributed by atoms with Crippen LogP contribution in [0.2, 0.25) is 0 Å². The van der Waals surface area contributed by atoms with E-state index in [-0.39, 0.29) is 6.10 Å². The average molecular weight is 233 g/mol. The fraction of sp³-hybridized carbons (Fsp3) is 0.385. The lowest BCUT2D eigenvalue weighted by Gasteiger charge is -2.12. The fourth-order valence-corrected chi connectivity index (χ4v) is 2.92. The predicted molar refractivity (Wildman–Crippen MR) is 67.8 cm³/mol. The van der Waals surface area contributed by atoms with Crippen LogP contribution < -0.4 is 5.32 Å². The normalized spacial score (nSPS) is 17.8. The van der Waals surface area contributed by atoms with E-state index < -0.39 is 0 Å². The third-order valence-electron chi connectivity index (χ3n) is 3.05. The van der Waals surface area contributed by atoms with Gasteiger partial charge in [-0.3, -0.25) is 0 Å². The molecular formula is C13H15NOS. The maximum Gasteiger partial charge on any atom is 0.0928 e. The highest BCUT2D eigenvalue weighted by molar-refractivity contribution is 7.17. The minimum atomic E-state index is -0.386. The number of aliphatic hydroxyl groups excluding tert-OH is 1. The standard InChI is InChI=1S/C13H15NOS/c15-12(8-14-10-4-5-10)11-3-1-2-9-6-7-16-13(9)11/h1-3,6-7,10,12,14-15H,4-5,8H2. The Morgan fingerprint density at radius 2 is 2.25 bits per heavy atom. The van der Waals surface area contributed by atoms with Crippen molar-refractivity contribution in [2.24, 2.45) is 0 Å². The highest BCUT2D eigenvalue weighted by Gasteiger charge is 2.22. The van der Waals surface area contributed by atoms with Gasteiger partial charge in [0, 0.05) is 17.3 Å². The zero-order valence-electron chi connectivity index (χ0n) is 9.02. The van der Waals surface area contributed by atoms with Gasteiger partial charge in [0.05, 0.1) is 6.10 Å². The molecule has 1 fully saturated rings. The van der Waals surface area contributed by atoms with Crippen LogP contribution in [-0.4, -0.2) is 17.7 Å². The molecule has 2 N–H and O–H groups in total. The molecule has 0 radical (unpaired) electrons. The van der Waals surface area contributed by atoms with E-state index in [0.29, 0.717) is 12.6 Å². The number of rotatable bonds is 4. The van der Waals surface area contributed by atoms with Gasteiger partial charge in [-0.1, -0.05) is 18.2 Å². The summed E-state index contributed by atoms with van der Waals surface area (Å²) in [7, 11) is 0. The number of aliphatic hydroxyl groups is 1.